The third-order valence-electron chi connectivity index (χ3n) is 4.59. The molecule has 2 aromatic rings. The molecule has 2 N–H and O–H groups in total. The van der Waals surface area contributed by atoms with E-state index >= 15 is 0 Å². The number of ether oxygens (including phenoxy) is 1. The van der Waals surface area contributed by atoms with Crippen molar-refractivity contribution in [2.45, 2.75) is 6.42 Å². The van der Waals surface area contributed by atoms with Crippen LogP contribution in [0.25, 0.3) is 0 Å². The number of carbonyl (C=O) groups excluding carboxylic acids is 4. The van der Waals surface area contributed by atoms with Crippen LogP contribution in [0.5, 0.6) is 0 Å². The molecule has 13 heteroatoms. The van der Waals surface area contributed by atoms with Crippen LogP contribution in [0.2, 0.25) is 10.0 Å². The fourth-order valence-corrected chi connectivity index (χ4v) is 3.38. The average Bonchev–Trinajstić information content (AvgIpc) is 3.14. The Morgan fingerprint density at radius 2 is 1.85 bits per heavy atom. The van der Waals surface area contributed by atoms with Crippen LogP contribution in [0, 0.1) is 16.0 Å². The van der Waals surface area contributed by atoms with Gasteiger partial charge in [0, 0.05) is 29.1 Å². The lowest BCUT2D eigenvalue weighted by atomic mass is 10.1. The largest absolute Gasteiger partial charge is 0.455 e. The van der Waals surface area contributed by atoms with E-state index in [4.69, 9.17) is 27.9 Å². The lowest BCUT2D eigenvalue weighted by Crippen LogP contribution is -2.43. The van der Waals surface area contributed by atoms with Gasteiger partial charge in [0.2, 0.25) is 5.91 Å². The molecule has 0 unspecified atom stereocenters. The topological polar surface area (TPSA) is 148 Å². The van der Waals surface area contributed by atoms with Gasteiger partial charge in [0.15, 0.2) is 6.61 Å². The van der Waals surface area contributed by atoms with Gasteiger partial charge >= 0.3 is 5.97 Å². The molecule has 3 amide bonds. The molecule has 172 valence electrons. The van der Waals surface area contributed by atoms with E-state index in [1.807, 2.05) is 0 Å². The highest BCUT2D eigenvalue weighted by atomic mass is 35.5. The number of halogens is 2. The summed E-state index contributed by atoms with van der Waals surface area (Å²) in [5, 5.41) is 14.7. The van der Waals surface area contributed by atoms with Crippen molar-refractivity contribution < 1.29 is 28.8 Å². The predicted molar refractivity (Wildman–Crippen MR) is 116 cm³/mol. The number of nitro groups is 1. The number of nitrogens with zero attached hydrogens (tertiary/aromatic N) is 2. The molecule has 1 aliphatic rings. The highest BCUT2D eigenvalue weighted by Gasteiger charge is 2.36. The minimum absolute atomic E-state index is 0.0944. The molecule has 1 fully saturated rings. The summed E-state index contributed by atoms with van der Waals surface area (Å²) in [6.45, 7) is -0.751. The number of esters is 1. The maximum atomic E-state index is 12.3. The molecular formula is C20H16Cl2N4O7. The number of rotatable bonds is 7. The Morgan fingerprint density at radius 3 is 2.48 bits per heavy atom. The number of hydrogen-bond donors (Lipinski definition) is 2. The zero-order valence-corrected chi connectivity index (χ0v) is 18.3. The normalized spacial score (nSPS) is 15.2. The second-order valence-corrected chi connectivity index (χ2v) is 7.77. The van der Waals surface area contributed by atoms with Gasteiger partial charge < -0.3 is 10.1 Å². The molecule has 1 atom stereocenters. The minimum atomic E-state index is -0.887. The van der Waals surface area contributed by atoms with Crippen LogP contribution < -0.4 is 10.7 Å². The Hall–Kier alpha value is -3.70. The van der Waals surface area contributed by atoms with Crippen molar-refractivity contribution in [3.63, 3.8) is 0 Å². The van der Waals surface area contributed by atoms with E-state index in [1.165, 1.54) is 30.3 Å². The molecule has 0 saturated carbocycles. The van der Waals surface area contributed by atoms with Gasteiger partial charge in [0.1, 0.15) is 0 Å². The molecule has 0 bridgehead atoms. The molecule has 1 aliphatic heterocycles. The van der Waals surface area contributed by atoms with Crippen LogP contribution in [0.15, 0.2) is 42.5 Å². The molecule has 11 nitrogen and oxygen atoms in total. The summed E-state index contributed by atoms with van der Waals surface area (Å²) in [5.74, 6) is -3.51. The predicted octanol–water partition coefficient (Wildman–Crippen LogP) is 2.58. The monoisotopic (exact) mass is 494 g/mol. The summed E-state index contributed by atoms with van der Waals surface area (Å²) in [6, 6.07) is 9.25. The zero-order chi connectivity index (χ0) is 24.1. The Morgan fingerprint density at radius 1 is 1.15 bits per heavy atom. The van der Waals surface area contributed by atoms with Crippen LogP contribution in [0.1, 0.15) is 16.8 Å². The van der Waals surface area contributed by atoms with Gasteiger partial charge in [-0.05, 0) is 30.3 Å². The maximum absolute atomic E-state index is 12.3. The Labute approximate surface area is 196 Å². The summed E-state index contributed by atoms with van der Waals surface area (Å²) in [7, 11) is 0. The van der Waals surface area contributed by atoms with E-state index in [1.54, 1.807) is 0 Å². The van der Waals surface area contributed by atoms with E-state index in [2.05, 4.69) is 10.7 Å². The summed E-state index contributed by atoms with van der Waals surface area (Å²) in [6.07, 6.45) is -0.218. The van der Waals surface area contributed by atoms with Gasteiger partial charge in [-0.1, -0.05) is 23.2 Å². The number of nitro benzene ring substituents is 1. The standard InChI is InChI=1S/C20H16Cl2N4O7/c21-13-3-6-16(15(22)8-13)23-17(27)10-33-20(30)12-7-18(28)25(9-12)24-19(29)11-1-4-14(5-2-11)26(31)32/h1-6,8,12H,7,9-10H2,(H,23,27)(H,24,29)/t12-/m0/s1. The van der Waals surface area contributed by atoms with Crippen LogP contribution in [-0.4, -0.2) is 46.8 Å². The summed E-state index contributed by atoms with van der Waals surface area (Å²) in [5.41, 5.74) is 2.55. The molecule has 0 aromatic heterocycles. The summed E-state index contributed by atoms with van der Waals surface area (Å²) in [4.78, 5) is 58.8. The lowest BCUT2D eigenvalue weighted by Gasteiger charge is -2.17. The summed E-state index contributed by atoms with van der Waals surface area (Å²) >= 11 is 11.8. The van der Waals surface area contributed by atoms with Gasteiger partial charge in [-0.15, -0.1) is 0 Å². The highest BCUT2D eigenvalue weighted by molar-refractivity contribution is 6.36. The van der Waals surface area contributed by atoms with Crippen LogP contribution in [0.4, 0.5) is 11.4 Å². The third-order valence-corrected chi connectivity index (χ3v) is 5.13. The zero-order valence-electron chi connectivity index (χ0n) is 16.7. The van der Waals surface area contributed by atoms with E-state index in [0.717, 1.165) is 17.1 Å². The van der Waals surface area contributed by atoms with E-state index < -0.39 is 41.1 Å². The van der Waals surface area contributed by atoms with E-state index in [-0.39, 0.29) is 29.2 Å². The molecular weight excluding hydrogens is 479 g/mol. The molecule has 1 heterocycles. The van der Waals surface area contributed by atoms with E-state index in [9.17, 15) is 29.3 Å². The second-order valence-electron chi connectivity index (χ2n) is 6.93. The molecule has 0 spiro atoms. The minimum Gasteiger partial charge on any atom is -0.455 e. The van der Waals surface area contributed by atoms with Crippen molar-refractivity contribution in [3.05, 3.63) is 68.2 Å². The van der Waals surface area contributed by atoms with E-state index in [0.29, 0.717) is 10.7 Å². The van der Waals surface area contributed by atoms with Gasteiger partial charge in [0.25, 0.3) is 17.5 Å². The van der Waals surface area contributed by atoms with Crippen molar-refractivity contribution in [2.75, 3.05) is 18.5 Å². The number of benzene rings is 2. The van der Waals surface area contributed by atoms with Gasteiger partial charge in [-0.25, -0.2) is 0 Å². The first-order chi connectivity index (χ1) is 15.6. The van der Waals surface area contributed by atoms with Crippen molar-refractivity contribution in [2.24, 2.45) is 5.92 Å². The number of amides is 3. The number of carbonyl (C=O) groups is 4. The highest BCUT2D eigenvalue weighted by Crippen LogP contribution is 2.25. The molecule has 33 heavy (non-hydrogen) atoms. The van der Waals surface area contributed by atoms with Crippen LogP contribution in [-0.2, 0) is 19.1 Å². The van der Waals surface area contributed by atoms with Crippen molar-refractivity contribution in [3.8, 4) is 0 Å². The van der Waals surface area contributed by atoms with Crippen molar-refractivity contribution in [1.82, 2.24) is 10.4 Å². The molecule has 3 rings (SSSR count). The number of non-ortho nitro benzene ring substituents is 1. The number of hydrazine groups is 1. The quantitative estimate of drug-likeness (QED) is 0.341. The van der Waals surface area contributed by atoms with Crippen LogP contribution in [0.3, 0.4) is 0 Å². The SMILES string of the molecule is O=C(COC(=O)[C@H]1CC(=O)N(NC(=O)c2ccc([N+](=O)[O-])cc2)C1)Nc1ccc(Cl)cc1Cl. The first-order valence-corrected chi connectivity index (χ1v) is 10.2. The molecule has 0 aliphatic carbocycles. The van der Waals surface area contributed by atoms with Crippen molar-refractivity contribution in [1.29, 1.82) is 0 Å². The molecule has 1 saturated heterocycles. The summed E-state index contributed by atoms with van der Waals surface area (Å²) < 4.78 is 4.97. The fraction of sp³-hybridized carbons (Fsp3) is 0.200. The first kappa shape index (κ1) is 24.0. The van der Waals surface area contributed by atoms with Gasteiger partial charge in [-0.3, -0.25) is 39.7 Å². The maximum Gasteiger partial charge on any atom is 0.311 e. The third kappa shape index (κ3) is 6.18. The van der Waals surface area contributed by atoms with Gasteiger partial charge in [0.05, 0.1) is 28.1 Å². The number of hydrogen-bond acceptors (Lipinski definition) is 7. The Kier molecular flexibility index (Phi) is 7.46. The molecule has 0 radical (unpaired) electrons. The van der Waals surface area contributed by atoms with Crippen LogP contribution >= 0.6 is 23.2 Å². The Bertz CT molecular complexity index is 1120. The number of nitrogens with one attached hydrogen (secondary N) is 2. The first-order valence-electron chi connectivity index (χ1n) is 9.41. The van der Waals surface area contributed by atoms with Crippen molar-refractivity contribution >= 4 is 58.3 Å². The molecule has 2 aromatic carbocycles. The fourth-order valence-electron chi connectivity index (χ4n) is 2.93. The lowest BCUT2D eigenvalue weighted by molar-refractivity contribution is -0.384. The second kappa shape index (κ2) is 10.3. The van der Waals surface area contributed by atoms with Gasteiger partial charge in [-0.2, -0.15) is 0 Å². The Balaban J connectivity index is 1.49. The number of anilines is 1. The smallest absolute Gasteiger partial charge is 0.311 e. The average molecular weight is 495 g/mol.